The van der Waals surface area contributed by atoms with Crippen LogP contribution in [0.15, 0.2) is 22.7 Å². The van der Waals surface area contributed by atoms with Crippen molar-refractivity contribution in [3.8, 4) is 0 Å². The molecule has 112 valence electrons. The van der Waals surface area contributed by atoms with E-state index >= 15 is 0 Å². The number of hydrogen-bond acceptors (Lipinski definition) is 3. The predicted molar refractivity (Wildman–Crippen MR) is 88.1 cm³/mol. The summed E-state index contributed by atoms with van der Waals surface area (Å²) >= 11 is 3.51. The number of hydrogen-bond donors (Lipinski definition) is 1. The van der Waals surface area contributed by atoms with Gasteiger partial charge in [0, 0.05) is 37.8 Å². The lowest BCUT2D eigenvalue weighted by atomic mass is 10.1. The van der Waals surface area contributed by atoms with Crippen LogP contribution in [0.1, 0.15) is 18.9 Å². The van der Waals surface area contributed by atoms with Crippen molar-refractivity contribution in [2.75, 3.05) is 39.1 Å². The Bertz CT molecular complexity index is 449. The standard InChI is InChI=1S/C15H24BrN3O/c1-5-8-17-10-12-9-13(16)6-7-14(12)19(4)11-15(20)18(2)3/h6-7,9,17H,5,8,10-11H2,1-4H3. The molecule has 0 heterocycles. The van der Waals surface area contributed by atoms with Crippen molar-refractivity contribution in [1.29, 1.82) is 0 Å². The minimum Gasteiger partial charge on any atom is -0.365 e. The molecule has 0 fully saturated rings. The number of anilines is 1. The maximum absolute atomic E-state index is 11.8. The first-order valence-electron chi connectivity index (χ1n) is 6.86. The number of rotatable bonds is 7. The molecule has 1 amide bonds. The average Bonchev–Trinajstić information content (AvgIpc) is 2.38. The number of likely N-dealkylation sites (N-methyl/N-ethyl adjacent to an activating group) is 2. The van der Waals surface area contributed by atoms with E-state index in [0.717, 1.165) is 29.7 Å². The molecular weight excluding hydrogens is 318 g/mol. The number of carbonyl (C=O) groups excluding carboxylic acids is 1. The van der Waals surface area contributed by atoms with E-state index in [1.165, 1.54) is 5.56 Å². The highest BCUT2D eigenvalue weighted by atomic mass is 79.9. The highest BCUT2D eigenvalue weighted by Crippen LogP contribution is 2.24. The highest BCUT2D eigenvalue weighted by Gasteiger charge is 2.12. The second-order valence-corrected chi connectivity index (χ2v) is 6.01. The molecule has 0 unspecified atom stereocenters. The minimum atomic E-state index is 0.0999. The van der Waals surface area contributed by atoms with Gasteiger partial charge in [0.1, 0.15) is 0 Å². The Kier molecular flexibility index (Phi) is 7.02. The topological polar surface area (TPSA) is 35.6 Å². The third-order valence-corrected chi connectivity index (χ3v) is 3.56. The second kappa shape index (κ2) is 8.27. The van der Waals surface area contributed by atoms with E-state index in [0.29, 0.717) is 6.54 Å². The lowest BCUT2D eigenvalue weighted by Gasteiger charge is -2.24. The fourth-order valence-corrected chi connectivity index (χ4v) is 2.31. The first-order chi connectivity index (χ1) is 9.45. The summed E-state index contributed by atoms with van der Waals surface area (Å²) in [6, 6.07) is 6.17. The SMILES string of the molecule is CCCNCc1cc(Br)ccc1N(C)CC(=O)N(C)C. The Labute approximate surface area is 130 Å². The number of halogens is 1. The van der Waals surface area contributed by atoms with Gasteiger partial charge in [0.05, 0.1) is 6.54 Å². The van der Waals surface area contributed by atoms with Crippen molar-refractivity contribution in [1.82, 2.24) is 10.2 Å². The van der Waals surface area contributed by atoms with E-state index in [-0.39, 0.29) is 5.91 Å². The summed E-state index contributed by atoms with van der Waals surface area (Å²) in [7, 11) is 5.51. The predicted octanol–water partition coefficient (Wildman–Crippen LogP) is 2.47. The highest BCUT2D eigenvalue weighted by molar-refractivity contribution is 9.10. The molecule has 1 aromatic rings. The lowest BCUT2D eigenvalue weighted by Crippen LogP contribution is -2.35. The van der Waals surface area contributed by atoms with E-state index < -0.39 is 0 Å². The van der Waals surface area contributed by atoms with Crippen molar-refractivity contribution in [3.63, 3.8) is 0 Å². The van der Waals surface area contributed by atoms with Crippen LogP contribution in [-0.2, 0) is 11.3 Å². The molecule has 1 aromatic carbocycles. The molecule has 0 atom stereocenters. The smallest absolute Gasteiger partial charge is 0.241 e. The summed E-state index contributed by atoms with van der Waals surface area (Å²) in [6.07, 6.45) is 1.11. The van der Waals surface area contributed by atoms with Gasteiger partial charge in [0.25, 0.3) is 0 Å². The second-order valence-electron chi connectivity index (χ2n) is 5.09. The van der Waals surface area contributed by atoms with Crippen molar-refractivity contribution < 1.29 is 4.79 Å². The average molecular weight is 342 g/mol. The monoisotopic (exact) mass is 341 g/mol. The van der Waals surface area contributed by atoms with Gasteiger partial charge in [-0.2, -0.15) is 0 Å². The number of nitrogens with one attached hydrogen (secondary N) is 1. The first-order valence-corrected chi connectivity index (χ1v) is 7.65. The third-order valence-electron chi connectivity index (χ3n) is 3.07. The van der Waals surface area contributed by atoms with Gasteiger partial charge >= 0.3 is 0 Å². The fourth-order valence-electron chi connectivity index (χ4n) is 1.90. The van der Waals surface area contributed by atoms with Crippen molar-refractivity contribution in [2.45, 2.75) is 19.9 Å². The summed E-state index contributed by atoms with van der Waals surface area (Å²) in [6.45, 7) is 4.33. The molecule has 0 saturated carbocycles. The Morgan fingerprint density at radius 1 is 1.30 bits per heavy atom. The quantitative estimate of drug-likeness (QED) is 0.774. The Morgan fingerprint density at radius 2 is 2.00 bits per heavy atom. The molecule has 0 aliphatic rings. The molecule has 0 spiro atoms. The molecule has 0 aromatic heterocycles. The summed E-state index contributed by atoms with van der Waals surface area (Å²) in [5.41, 5.74) is 2.29. The van der Waals surface area contributed by atoms with Crippen LogP contribution in [0.5, 0.6) is 0 Å². The Hall–Kier alpha value is -1.07. The van der Waals surface area contributed by atoms with Crippen molar-refractivity contribution >= 4 is 27.5 Å². The summed E-state index contributed by atoms with van der Waals surface area (Å²) in [5, 5.41) is 3.41. The molecule has 4 nitrogen and oxygen atoms in total. The number of amides is 1. The number of nitrogens with zero attached hydrogens (tertiary/aromatic N) is 2. The van der Waals surface area contributed by atoms with Crippen LogP contribution in [-0.4, -0.2) is 45.0 Å². The van der Waals surface area contributed by atoms with Crippen LogP contribution in [0.3, 0.4) is 0 Å². The van der Waals surface area contributed by atoms with Gasteiger partial charge in [-0.25, -0.2) is 0 Å². The van der Waals surface area contributed by atoms with Crippen LogP contribution in [0.4, 0.5) is 5.69 Å². The number of benzene rings is 1. The minimum absolute atomic E-state index is 0.0999. The van der Waals surface area contributed by atoms with Crippen molar-refractivity contribution in [3.05, 3.63) is 28.2 Å². The molecule has 20 heavy (non-hydrogen) atoms. The van der Waals surface area contributed by atoms with E-state index in [1.807, 2.05) is 18.0 Å². The zero-order valence-corrected chi connectivity index (χ0v) is 14.3. The van der Waals surface area contributed by atoms with Crippen LogP contribution >= 0.6 is 15.9 Å². The van der Waals surface area contributed by atoms with E-state index in [2.05, 4.69) is 40.3 Å². The maximum atomic E-state index is 11.8. The Balaban J connectivity index is 2.83. The normalized spacial score (nSPS) is 10.4. The van der Waals surface area contributed by atoms with E-state index in [1.54, 1.807) is 19.0 Å². The zero-order valence-electron chi connectivity index (χ0n) is 12.7. The fraction of sp³-hybridized carbons (Fsp3) is 0.533. The lowest BCUT2D eigenvalue weighted by molar-refractivity contribution is -0.127. The molecule has 5 heteroatoms. The van der Waals surface area contributed by atoms with Gasteiger partial charge in [0.2, 0.25) is 5.91 Å². The van der Waals surface area contributed by atoms with Crippen LogP contribution in [0, 0.1) is 0 Å². The molecule has 0 saturated heterocycles. The number of carbonyl (C=O) groups is 1. The van der Waals surface area contributed by atoms with Gasteiger partial charge in [-0.1, -0.05) is 22.9 Å². The summed E-state index contributed by atoms with van der Waals surface area (Å²) in [5.74, 6) is 0.0999. The molecular formula is C15H24BrN3O. The molecule has 1 rings (SSSR count). The van der Waals surface area contributed by atoms with E-state index in [9.17, 15) is 4.79 Å². The van der Waals surface area contributed by atoms with Crippen molar-refractivity contribution in [2.24, 2.45) is 0 Å². The van der Waals surface area contributed by atoms with Gasteiger partial charge in [-0.15, -0.1) is 0 Å². The molecule has 0 aliphatic carbocycles. The third kappa shape index (κ3) is 5.13. The largest absolute Gasteiger partial charge is 0.365 e. The van der Waals surface area contributed by atoms with Gasteiger partial charge in [0.15, 0.2) is 0 Å². The summed E-state index contributed by atoms with van der Waals surface area (Å²) < 4.78 is 1.06. The van der Waals surface area contributed by atoms with Crippen LogP contribution in [0.25, 0.3) is 0 Å². The summed E-state index contributed by atoms with van der Waals surface area (Å²) in [4.78, 5) is 15.4. The molecule has 0 bridgehead atoms. The maximum Gasteiger partial charge on any atom is 0.241 e. The Morgan fingerprint density at radius 3 is 2.60 bits per heavy atom. The van der Waals surface area contributed by atoms with Gasteiger partial charge < -0.3 is 15.1 Å². The van der Waals surface area contributed by atoms with Gasteiger partial charge in [-0.3, -0.25) is 4.79 Å². The van der Waals surface area contributed by atoms with E-state index in [4.69, 9.17) is 0 Å². The van der Waals surface area contributed by atoms with Crippen LogP contribution < -0.4 is 10.2 Å². The molecule has 0 radical (unpaired) electrons. The van der Waals surface area contributed by atoms with Gasteiger partial charge in [-0.05, 0) is 36.7 Å². The van der Waals surface area contributed by atoms with Crippen LogP contribution in [0.2, 0.25) is 0 Å². The molecule has 0 aliphatic heterocycles. The first kappa shape index (κ1) is 17.0. The molecule has 1 N–H and O–H groups in total. The zero-order chi connectivity index (χ0) is 15.1.